The van der Waals surface area contributed by atoms with Crippen molar-refractivity contribution in [3.05, 3.63) is 71.3 Å². The maximum Gasteiger partial charge on any atom is 0.255 e. The minimum atomic E-state index is -0.271. The van der Waals surface area contributed by atoms with Crippen LogP contribution in [-0.2, 0) is 9.59 Å². The van der Waals surface area contributed by atoms with Gasteiger partial charge in [-0.25, -0.2) is 0 Å². The molecule has 2 aromatic carbocycles. The predicted octanol–water partition coefficient (Wildman–Crippen LogP) is 3.90. The Morgan fingerprint density at radius 3 is 2.04 bits per heavy atom. The Morgan fingerprint density at radius 1 is 0.893 bits per heavy atom. The number of allylic oxidation sites excluding steroid dienone is 2. The molecule has 6 heteroatoms. The van der Waals surface area contributed by atoms with Crippen LogP contribution < -0.4 is 10.2 Å². The highest BCUT2D eigenvalue weighted by atomic mass is 35.5. The van der Waals surface area contributed by atoms with Crippen LogP contribution >= 0.6 is 11.6 Å². The quantitative estimate of drug-likeness (QED) is 0.636. The number of anilines is 2. The number of halogens is 1. The minimum absolute atomic E-state index is 0.120. The molecule has 0 spiro atoms. The number of nitrogens with zero attached hydrogens (tertiary/aromatic N) is 1. The zero-order chi connectivity index (χ0) is 19.4. The lowest BCUT2D eigenvalue weighted by molar-refractivity contribution is -0.123. The van der Waals surface area contributed by atoms with Crippen molar-refractivity contribution in [2.24, 2.45) is 23.7 Å². The van der Waals surface area contributed by atoms with Crippen LogP contribution in [0.1, 0.15) is 16.8 Å². The number of nitrogens with one attached hydrogen (secondary N) is 1. The first-order valence-corrected chi connectivity index (χ1v) is 9.64. The highest BCUT2D eigenvalue weighted by Crippen LogP contribution is 2.53. The van der Waals surface area contributed by atoms with E-state index in [4.69, 9.17) is 11.6 Å². The van der Waals surface area contributed by atoms with E-state index in [1.54, 1.807) is 48.5 Å². The summed E-state index contributed by atoms with van der Waals surface area (Å²) in [5, 5.41) is 3.38. The summed E-state index contributed by atoms with van der Waals surface area (Å²) in [6.45, 7) is 0. The van der Waals surface area contributed by atoms with E-state index in [2.05, 4.69) is 17.5 Å². The van der Waals surface area contributed by atoms with Gasteiger partial charge < -0.3 is 5.32 Å². The molecule has 1 saturated carbocycles. The molecule has 2 aliphatic carbocycles. The van der Waals surface area contributed by atoms with Gasteiger partial charge in [-0.2, -0.15) is 0 Å². The van der Waals surface area contributed by atoms with Crippen LogP contribution in [0.3, 0.4) is 0 Å². The molecule has 28 heavy (non-hydrogen) atoms. The van der Waals surface area contributed by atoms with E-state index in [0.29, 0.717) is 22.0 Å². The average Bonchev–Trinajstić information content (AvgIpc) is 3.38. The van der Waals surface area contributed by atoms with Crippen LogP contribution in [0.4, 0.5) is 11.4 Å². The number of carbonyl (C=O) groups excluding carboxylic acids is 3. The van der Waals surface area contributed by atoms with E-state index in [9.17, 15) is 14.4 Å². The Labute approximate surface area is 167 Å². The van der Waals surface area contributed by atoms with Gasteiger partial charge in [-0.05, 0) is 66.8 Å². The second-order valence-corrected chi connectivity index (χ2v) is 7.96. The van der Waals surface area contributed by atoms with E-state index < -0.39 is 0 Å². The summed E-state index contributed by atoms with van der Waals surface area (Å²) >= 11 is 5.85. The number of fused-ring (bicyclic) bond motifs is 5. The summed E-state index contributed by atoms with van der Waals surface area (Å²) in [7, 11) is 0. The summed E-state index contributed by atoms with van der Waals surface area (Å²) in [4.78, 5) is 39.4. The van der Waals surface area contributed by atoms with Crippen LogP contribution in [0.15, 0.2) is 60.7 Å². The summed E-state index contributed by atoms with van der Waals surface area (Å²) in [5.41, 5.74) is 1.60. The fourth-order valence-corrected chi connectivity index (χ4v) is 4.78. The van der Waals surface area contributed by atoms with Gasteiger partial charge in [0.15, 0.2) is 0 Å². The summed E-state index contributed by atoms with van der Waals surface area (Å²) in [5.74, 6) is -0.602. The average molecular weight is 393 g/mol. The molecule has 1 saturated heterocycles. The van der Waals surface area contributed by atoms with Gasteiger partial charge in [-0.1, -0.05) is 23.8 Å². The number of amides is 3. The molecule has 4 atom stereocenters. The van der Waals surface area contributed by atoms with Crippen LogP contribution in [0, 0.1) is 23.7 Å². The number of hydrogen-bond acceptors (Lipinski definition) is 3. The third-order valence-electron chi connectivity index (χ3n) is 5.96. The van der Waals surface area contributed by atoms with Crippen molar-refractivity contribution in [3.63, 3.8) is 0 Å². The molecule has 2 aromatic rings. The van der Waals surface area contributed by atoms with Gasteiger partial charge in [0.05, 0.1) is 17.5 Å². The first kappa shape index (κ1) is 17.2. The Morgan fingerprint density at radius 2 is 1.46 bits per heavy atom. The highest BCUT2D eigenvalue weighted by Gasteiger charge is 2.59. The number of hydrogen-bond donors (Lipinski definition) is 1. The zero-order valence-corrected chi connectivity index (χ0v) is 15.6. The van der Waals surface area contributed by atoms with Crippen molar-refractivity contribution in [1.82, 2.24) is 0 Å². The van der Waals surface area contributed by atoms with Gasteiger partial charge in [-0.3, -0.25) is 19.3 Å². The second kappa shape index (κ2) is 6.31. The number of imide groups is 1. The lowest BCUT2D eigenvalue weighted by Crippen LogP contribution is -2.32. The molecular formula is C22H17ClN2O3. The Balaban J connectivity index is 1.34. The van der Waals surface area contributed by atoms with Gasteiger partial charge >= 0.3 is 0 Å². The molecule has 2 bridgehead atoms. The Bertz CT molecular complexity index is 983. The molecule has 3 amide bonds. The maximum absolute atomic E-state index is 12.9. The third-order valence-corrected chi connectivity index (χ3v) is 6.21. The smallest absolute Gasteiger partial charge is 0.255 e. The first-order valence-electron chi connectivity index (χ1n) is 9.26. The molecule has 1 aliphatic heterocycles. The highest BCUT2D eigenvalue weighted by molar-refractivity contribution is 6.30. The van der Waals surface area contributed by atoms with Crippen molar-refractivity contribution in [2.75, 3.05) is 10.2 Å². The van der Waals surface area contributed by atoms with Crippen LogP contribution in [0.25, 0.3) is 0 Å². The molecule has 140 valence electrons. The number of benzene rings is 2. The fourth-order valence-electron chi connectivity index (χ4n) is 4.66. The molecule has 0 unspecified atom stereocenters. The Hall–Kier alpha value is -2.92. The largest absolute Gasteiger partial charge is 0.322 e. The lowest BCUT2D eigenvalue weighted by atomic mass is 9.85. The second-order valence-electron chi connectivity index (χ2n) is 7.52. The fraction of sp³-hybridized carbons (Fsp3) is 0.227. The molecule has 5 nitrogen and oxygen atoms in total. The molecule has 0 radical (unpaired) electrons. The van der Waals surface area contributed by atoms with Gasteiger partial charge in [-0.15, -0.1) is 0 Å². The topological polar surface area (TPSA) is 66.5 Å². The normalized spacial score (nSPS) is 27.4. The van der Waals surface area contributed by atoms with Crippen molar-refractivity contribution in [2.45, 2.75) is 6.42 Å². The van der Waals surface area contributed by atoms with E-state index in [0.717, 1.165) is 6.42 Å². The molecule has 0 aromatic heterocycles. The van der Waals surface area contributed by atoms with Crippen molar-refractivity contribution in [3.8, 4) is 0 Å². The zero-order valence-electron chi connectivity index (χ0n) is 14.8. The van der Waals surface area contributed by atoms with Crippen LogP contribution in [0.5, 0.6) is 0 Å². The molecule has 1 heterocycles. The monoisotopic (exact) mass is 392 g/mol. The summed E-state index contributed by atoms with van der Waals surface area (Å²) in [6.07, 6.45) is 5.06. The van der Waals surface area contributed by atoms with E-state index in [1.807, 2.05) is 0 Å². The van der Waals surface area contributed by atoms with Crippen LogP contribution in [0.2, 0.25) is 5.02 Å². The lowest BCUT2D eigenvalue weighted by Gasteiger charge is -2.17. The Kier molecular flexibility index (Phi) is 3.88. The van der Waals surface area contributed by atoms with Gasteiger partial charge in [0.1, 0.15) is 0 Å². The standard InChI is InChI=1S/C22H17ClN2O3/c23-15-5-7-16(8-6-15)24-20(26)12-3-9-17(10-4-12)25-21(27)18-13-1-2-14(11-13)19(18)22(25)28/h1-10,13-14,18-19H,11H2,(H,24,26)/t13-,14+,18-,19+. The first-order chi connectivity index (χ1) is 13.5. The third kappa shape index (κ3) is 2.58. The molecule has 5 rings (SSSR count). The molecule has 1 N–H and O–H groups in total. The number of carbonyl (C=O) groups is 3. The van der Waals surface area contributed by atoms with E-state index in [-0.39, 0.29) is 41.4 Å². The van der Waals surface area contributed by atoms with Crippen LogP contribution in [-0.4, -0.2) is 17.7 Å². The molecular weight excluding hydrogens is 376 g/mol. The van der Waals surface area contributed by atoms with Gasteiger partial charge in [0.2, 0.25) is 11.8 Å². The van der Waals surface area contributed by atoms with Crippen molar-refractivity contribution >= 4 is 40.7 Å². The van der Waals surface area contributed by atoms with Gasteiger partial charge in [0.25, 0.3) is 5.91 Å². The maximum atomic E-state index is 12.9. The summed E-state index contributed by atoms with van der Waals surface area (Å²) < 4.78 is 0. The van der Waals surface area contributed by atoms with Crippen molar-refractivity contribution in [1.29, 1.82) is 0 Å². The SMILES string of the molecule is O=C(Nc1ccc(Cl)cc1)c1ccc(N2C(=O)[C@@H]3[C@H](C2=O)[C@@H]2C=C[C@H]3C2)cc1. The van der Waals surface area contributed by atoms with E-state index in [1.165, 1.54) is 4.90 Å². The number of rotatable bonds is 3. The predicted molar refractivity (Wildman–Crippen MR) is 106 cm³/mol. The molecule has 3 aliphatic rings. The van der Waals surface area contributed by atoms with E-state index >= 15 is 0 Å². The van der Waals surface area contributed by atoms with Gasteiger partial charge in [0, 0.05) is 16.3 Å². The molecule has 2 fully saturated rings. The van der Waals surface area contributed by atoms with Crippen molar-refractivity contribution < 1.29 is 14.4 Å². The minimum Gasteiger partial charge on any atom is -0.322 e. The summed E-state index contributed by atoms with van der Waals surface area (Å²) in [6, 6.07) is 13.4.